The molecule has 1 heteroatoms. The van der Waals surface area contributed by atoms with E-state index in [0.717, 1.165) is 12.8 Å². The van der Waals surface area contributed by atoms with Crippen LogP contribution in [-0.4, -0.2) is 5.78 Å². The standard InChI is InChI=1S/C11H18O/c1-5-9(6-2)11(12)10(7-3)8-4/h5,7,9-10H,1,3,6,8H2,2,4H3. The van der Waals surface area contributed by atoms with Crippen LogP contribution in [0, 0.1) is 11.8 Å². The second kappa shape index (κ2) is 5.76. The summed E-state index contributed by atoms with van der Waals surface area (Å²) in [4.78, 5) is 11.6. The number of carbonyl (C=O) groups is 1. The van der Waals surface area contributed by atoms with Crippen LogP contribution in [0.25, 0.3) is 0 Å². The highest BCUT2D eigenvalue weighted by Crippen LogP contribution is 2.15. The Morgan fingerprint density at radius 3 is 1.67 bits per heavy atom. The molecule has 0 spiro atoms. The van der Waals surface area contributed by atoms with Crippen molar-refractivity contribution in [2.75, 3.05) is 0 Å². The van der Waals surface area contributed by atoms with Crippen molar-refractivity contribution in [1.82, 2.24) is 0 Å². The summed E-state index contributed by atoms with van der Waals surface area (Å²) < 4.78 is 0. The van der Waals surface area contributed by atoms with Crippen molar-refractivity contribution in [3.63, 3.8) is 0 Å². The third-order valence-electron chi connectivity index (χ3n) is 2.18. The number of hydrogen-bond donors (Lipinski definition) is 0. The van der Waals surface area contributed by atoms with Gasteiger partial charge in [0.05, 0.1) is 0 Å². The number of rotatable bonds is 6. The van der Waals surface area contributed by atoms with Crippen molar-refractivity contribution in [3.8, 4) is 0 Å². The molecule has 0 rings (SSSR count). The van der Waals surface area contributed by atoms with E-state index >= 15 is 0 Å². The highest BCUT2D eigenvalue weighted by atomic mass is 16.1. The molecule has 0 heterocycles. The van der Waals surface area contributed by atoms with Gasteiger partial charge < -0.3 is 0 Å². The van der Waals surface area contributed by atoms with Crippen molar-refractivity contribution in [2.45, 2.75) is 26.7 Å². The van der Waals surface area contributed by atoms with Gasteiger partial charge in [-0.25, -0.2) is 0 Å². The summed E-state index contributed by atoms with van der Waals surface area (Å²) in [6.07, 6.45) is 5.14. The predicted molar refractivity (Wildman–Crippen MR) is 53.0 cm³/mol. The number of hydrogen-bond acceptors (Lipinski definition) is 1. The molecular weight excluding hydrogens is 148 g/mol. The second-order valence-corrected chi connectivity index (χ2v) is 2.90. The van der Waals surface area contributed by atoms with Crippen LogP contribution in [0.15, 0.2) is 25.3 Å². The summed E-state index contributed by atoms with van der Waals surface area (Å²) in [6.45, 7) is 11.3. The molecule has 0 aromatic rings. The summed E-state index contributed by atoms with van der Waals surface area (Å²) >= 11 is 0. The molecule has 2 atom stereocenters. The summed E-state index contributed by atoms with van der Waals surface area (Å²) in [7, 11) is 0. The van der Waals surface area contributed by atoms with E-state index in [1.807, 2.05) is 13.8 Å². The van der Waals surface area contributed by atoms with Crippen LogP contribution in [0.4, 0.5) is 0 Å². The van der Waals surface area contributed by atoms with E-state index < -0.39 is 0 Å². The zero-order valence-corrected chi connectivity index (χ0v) is 8.05. The number of ketones is 1. The van der Waals surface area contributed by atoms with Crippen molar-refractivity contribution in [1.29, 1.82) is 0 Å². The molecule has 0 radical (unpaired) electrons. The van der Waals surface area contributed by atoms with Gasteiger partial charge in [-0.05, 0) is 12.8 Å². The lowest BCUT2D eigenvalue weighted by Gasteiger charge is -2.13. The molecule has 0 bridgehead atoms. The predicted octanol–water partition coefficient (Wildman–Crippen LogP) is 2.98. The van der Waals surface area contributed by atoms with Crippen LogP contribution in [-0.2, 0) is 4.79 Å². The van der Waals surface area contributed by atoms with Crippen LogP contribution >= 0.6 is 0 Å². The van der Waals surface area contributed by atoms with Crippen LogP contribution in [0.5, 0.6) is 0 Å². The molecule has 0 N–H and O–H groups in total. The van der Waals surface area contributed by atoms with Gasteiger partial charge >= 0.3 is 0 Å². The Morgan fingerprint density at radius 2 is 1.50 bits per heavy atom. The van der Waals surface area contributed by atoms with Gasteiger partial charge in [-0.15, -0.1) is 13.2 Å². The van der Waals surface area contributed by atoms with E-state index in [0.29, 0.717) is 0 Å². The van der Waals surface area contributed by atoms with E-state index in [1.165, 1.54) is 0 Å². The summed E-state index contributed by atoms with van der Waals surface area (Å²) in [5.41, 5.74) is 0. The minimum absolute atomic E-state index is 0.00736. The minimum Gasteiger partial charge on any atom is -0.298 e. The van der Waals surface area contributed by atoms with Crippen LogP contribution in [0.3, 0.4) is 0 Å². The summed E-state index contributed by atoms with van der Waals surface area (Å²) in [6, 6.07) is 0. The van der Waals surface area contributed by atoms with Crippen LogP contribution in [0.1, 0.15) is 26.7 Å². The first-order chi connectivity index (χ1) is 5.71. The molecule has 12 heavy (non-hydrogen) atoms. The number of allylic oxidation sites excluding steroid dienone is 2. The smallest absolute Gasteiger partial charge is 0.146 e. The highest BCUT2D eigenvalue weighted by molar-refractivity contribution is 5.86. The average molecular weight is 166 g/mol. The van der Waals surface area contributed by atoms with Crippen molar-refractivity contribution >= 4 is 5.78 Å². The molecule has 68 valence electrons. The molecule has 0 aromatic heterocycles. The maximum Gasteiger partial charge on any atom is 0.146 e. The van der Waals surface area contributed by atoms with Gasteiger partial charge in [0.2, 0.25) is 0 Å². The first-order valence-electron chi connectivity index (χ1n) is 4.50. The number of carbonyl (C=O) groups excluding carboxylic acids is 1. The van der Waals surface area contributed by atoms with Crippen molar-refractivity contribution < 1.29 is 4.79 Å². The quantitative estimate of drug-likeness (QED) is 0.554. The molecule has 0 saturated carbocycles. The van der Waals surface area contributed by atoms with Gasteiger partial charge in [0.15, 0.2) is 0 Å². The Hall–Kier alpha value is -0.850. The van der Waals surface area contributed by atoms with E-state index in [-0.39, 0.29) is 17.6 Å². The van der Waals surface area contributed by atoms with Crippen molar-refractivity contribution in [2.24, 2.45) is 11.8 Å². The Labute approximate surface area is 75.2 Å². The lowest BCUT2D eigenvalue weighted by molar-refractivity contribution is -0.124. The van der Waals surface area contributed by atoms with Gasteiger partial charge in [0.1, 0.15) is 5.78 Å². The Morgan fingerprint density at radius 1 is 1.17 bits per heavy atom. The lowest BCUT2D eigenvalue weighted by atomic mass is 9.89. The summed E-state index contributed by atoms with van der Waals surface area (Å²) in [5, 5.41) is 0. The third kappa shape index (κ3) is 2.65. The zero-order chi connectivity index (χ0) is 9.56. The largest absolute Gasteiger partial charge is 0.298 e. The molecule has 0 aliphatic rings. The first-order valence-corrected chi connectivity index (χ1v) is 4.50. The Kier molecular flexibility index (Phi) is 5.35. The molecule has 0 fully saturated rings. The van der Waals surface area contributed by atoms with Gasteiger partial charge in [-0.2, -0.15) is 0 Å². The molecule has 1 nitrogen and oxygen atoms in total. The normalized spacial score (nSPS) is 14.8. The molecule has 2 unspecified atom stereocenters. The van der Waals surface area contributed by atoms with E-state index in [1.54, 1.807) is 12.2 Å². The fraction of sp³-hybridized carbons (Fsp3) is 0.545. The molecule has 0 amide bonds. The molecule has 0 aliphatic carbocycles. The minimum atomic E-state index is 0.00736. The lowest BCUT2D eigenvalue weighted by Crippen LogP contribution is -2.19. The SMILES string of the molecule is C=CC(CC)C(=O)C(C=C)CC. The second-order valence-electron chi connectivity index (χ2n) is 2.90. The molecule has 0 aromatic carbocycles. The zero-order valence-electron chi connectivity index (χ0n) is 8.05. The van der Waals surface area contributed by atoms with Gasteiger partial charge in [0, 0.05) is 11.8 Å². The fourth-order valence-corrected chi connectivity index (χ4v) is 1.24. The molecule has 0 aliphatic heterocycles. The van der Waals surface area contributed by atoms with E-state index in [9.17, 15) is 4.79 Å². The summed E-state index contributed by atoms with van der Waals surface area (Å²) in [5.74, 6) is 0.269. The van der Waals surface area contributed by atoms with E-state index in [4.69, 9.17) is 0 Å². The Balaban J connectivity index is 4.31. The van der Waals surface area contributed by atoms with Gasteiger partial charge in [0.25, 0.3) is 0 Å². The van der Waals surface area contributed by atoms with Crippen LogP contribution < -0.4 is 0 Å². The van der Waals surface area contributed by atoms with Crippen molar-refractivity contribution in [3.05, 3.63) is 25.3 Å². The molecule has 0 saturated heterocycles. The van der Waals surface area contributed by atoms with Gasteiger partial charge in [-0.1, -0.05) is 26.0 Å². The maximum atomic E-state index is 11.6. The third-order valence-corrected chi connectivity index (χ3v) is 2.18. The Bertz CT molecular complexity index is 152. The fourth-order valence-electron chi connectivity index (χ4n) is 1.24. The highest BCUT2D eigenvalue weighted by Gasteiger charge is 2.19. The van der Waals surface area contributed by atoms with E-state index in [2.05, 4.69) is 13.2 Å². The first kappa shape index (κ1) is 11.2. The topological polar surface area (TPSA) is 17.1 Å². The van der Waals surface area contributed by atoms with Crippen LogP contribution in [0.2, 0.25) is 0 Å². The average Bonchev–Trinajstić information content (AvgIpc) is 2.09. The number of Topliss-reactive ketones (excluding diaryl/α,β-unsaturated/α-hetero) is 1. The molecular formula is C11H18O. The maximum absolute atomic E-state index is 11.6. The van der Waals surface area contributed by atoms with Gasteiger partial charge in [-0.3, -0.25) is 4.79 Å². The monoisotopic (exact) mass is 166 g/mol.